The first-order chi connectivity index (χ1) is 8.96. The van der Waals surface area contributed by atoms with E-state index in [2.05, 4.69) is 17.2 Å². The van der Waals surface area contributed by atoms with Gasteiger partial charge in [0.05, 0.1) is 22.2 Å². The molecule has 2 rings (SSSR count). The smallest absolute Gasteiger partial charge is 0.150 e. The summed E-state index contributed by atoms with van der Waals surface area (Å²) >= 11 is 17.9. The number of nitrogens with one attached hydrogen (secondary N) is 1. The van der Waals surface area contributed by atoms with Crippen LogP contribution in [0.3, 0.4) is 0 Å². The van der Waals surface area contributed by atoms with E-state index in [0.29, 0.717) is 21.8 Å². The van der Waals surface area contributed by atoms with Crippen molar-refractivity contribution in [2.45, 2.75) is 38.1 Å². The molecule has 0 spiro atoms. The maximum Gasteiger partial charge on any atom is 0.150 e. The van der Waals surface area contributed by atoms with Crippen LogP contribution in [0.1, 0.15) is 32.6 Å². The van der Waals surface area contributed by atoms with Crippen LogP contribution in [-0.4, -0.2) is 22.2 Å². The molecule has 1 aromatic heterocycles. The highest BCUT2D eigenvalue weighted by atomic mass is 35.5. The Hall–Kier alpha value is -0.220. The van der Waals surface area contributed by atoms with Gasteiger partial charge in [0.2, 0.25) is 0 Å². The summed E-state index contributed by atoms with van der Waals surface area (Å²) in [6, 6.07) is 1.57. The number of hydrogen-bond acceptors (Lipinski definition) is 3. The molecule has 0 aliphatic heterocycles. The van der Waals surface area contributed by atoms with E-state index in [1.807, 2.05) is 0 Å². The number of nitrogens with zero attached hydrogens (tertiary/aromatic N) is 1. The molecule has 0 aromatic carbocycles. The molecule has 106 valence electrons. The van der Waals surface area contributed by atoms with Gasteiger partial charge < -0.3 is 10.4 Å². The summed E-state index contributed by atoms with van der Waals surface area (Å²) < 4.78 is 0. The number of aromatic nitrogens is 1. The number of aliphatic hydroxyl groups excluding tert-OH is 1. The molecule has 1 saturated carbocycles. The predicted octanol–water partition coefficient (Wildman–Crippen LogP) is 4.39. The number of hydrogen-bond donors (Lipinski definition) is 2. The van der Waals surface area contributed by atoms with Gasteiger partial charge in [-0.3, -0.25) is 0 Å². The van der Waals surface area contributed by atoms with Crippen molar-refractivity contribution in [2.24, 2.45) is 5.92 Å². The molecule has 1 heterocycles. The van der Waals surface area contributed by atoms with Crippen LogP contribution >= 0.6 is 34.8 Å². The van der Waals surface area contributed by atoms with Crippen LogP contribution in [-0.2, 0) is 0 Å². The lowest BCUT2D eigenvalue weighted by atomic mass is 9.77. The highest BCUT2D eigenvalue weighted by Gasteiger charge is 2.35. The van der Waals surface area contributed by atoms with Crippen LogP contribution in [0, 0.1) is 5.92 Å². The van der Waals surface area contributed by atoms with E-state index in [4.69, 9.17) is 34.8 Å². The minimum Gasteiger partial charge on any atom is -0.394 e. The van der Waals surface area contributed by atoms with Crippen molar-refractivity contribution >= 4 is 40.6 Å². The average Bonchev–Trinajstić information content (AvgIpc) is 2.36. The van der Waals surface area contributed by atoms with Crippen molar-refractivity contribution in [1.82, 2.24) is 4.98 Å². The van der Waals surface area contributed by atoms with Gasteiger partial charge in [-0.1, -0.05) is 54.6 Å². The Labute approximate surface area is 128 Å². The highest BCUT2D eigenvalue weighted by Crippen LogP contribution is 2.37. The normalized spacial score (nSPS) is 27.3. The predicted molar refractivity (Wildman–Crippen MR) is 80.3 cm³/mol. The Morgan fingerprint density at radius 3 is 2.79 bits per heavy atom. The molecule has 1 aliphatic rings. The third-order valence-electron chi connectivity index (χ3n) is 3.66. The number of pyridine rings is 1. The van der Waals surface area contributed by atoms with Crippen molar-refractivity contribution in [3.63, 3.8) is 0 Å². The van der Waals surface area contributed by atoms with E-state index in [0.717, 1.165) is 19.3 Å². The molecule has 3 nitrogen and oxygen atoms in total. The van der Waals surface area contributed by atoms with Gasteiger partial charge in [-0.15, -0.1) is 0 Å². The number of anilines is 1. The van der Waals surface area contributed by atoms with Crippen LogP contribution in [0.2, 0.25) is 15.2 Å². The fourth-order valence-corrected chi connectivity index (χ4v) is 3.28. The summed E-state index contributed by atoms with van der Waals surface area (Å²) in [5.41, 5.74) is -0.370. The summed E-state index contributed by atoms with van der Waals surface area (Å²) in [6.07, 6.45) is 4.05. The molecule has 1 aliphatic carbocycles. The minimum atomic E-state index is -0.370. The van der Waals surface area contributed by atoms with Gasteiger partial charge in [0, 0.05) is 0 Å². The molecule has 19 heavy (non-hydrogen) atoms. The summed E-state index contributed by atoms with van der Waals surface area (Å²) in [4.78, 5) is 4.16. The van der Waals surface area contributed by atoms with E-state index < -0.39 is 0 Å². The molecule has 2 atom stereocenters. The summed E-state index contributed by atoms with van der Waals surface area (Å²) in [6.45, 7) is 2.24. The largest absolute Gasteiger partial charge is 0.394 e. The van der Waals surface area contributed by atoms with Crippen LogP contribution < -0.4 is 5.32 Å². The van der Waals surface area contributed by atoms with Crippen LogP contribution in [0.4, 0.5) is 5.82 Å². The molecule has 1 fully saturated rings. The quantitative estimate of drug-likeness (QED) is 0.811. The monoisotopic (exact) mass is 322 g/mol. The highest BCUT2D eigenvalue weighted by molar-refractivity contribution is 6.42. The summed E-state index contributed by atoms with van der Waals surface area (Å²) in [7, 11) is 0. The van der Waals surface area contributed by atoms with Crippen molar-refractivity contribution < 1.29 is 5.11 Å². The van der Waals surface area contributed by atoms with Gasteiger partial charge in [0.25, 0.3) is 0 Å². The molecule has 6 heteroatoms. The zero-order valence-corrected chi connectivity index (χ0v) is 13.0. The van der Waals surface area contributed by atoms with E-state index in [-0.39, 0.29) is 17.3 Å². The first kappa shape index (κ1) is 15.2. The minimum absolute atomic E-state index is 0.0512. The van der Waals surface area contributed by atoms with Crippen molar-refractivity contribution in [3.8, 4) is 0 Å². The maximum absolute atomic E-state index is 9.74. The van der Waals surface area contributed by atoms with Crippen molar-refractivity contribution in [1.29, 1.82) is 0 Å². The third-order valence-corrected chi connectivity index (χ3v) is 4.63. The maximum atomic E-state index is 9.74. The Kier molecular flexibility index (Phi) is 4.83. The van der Waals surface area contributed by atoms with Crippen molar-refractivity contribution in [2.75, 3.05) is 11.9 Å². The van der Waals surface area contributed by atoms with Gasteiger partial charge in [0.15, 0.2) is 0 Å². The summed E-state index contributed by atoms with van der Waals surface area (Å²) in [5, 5.41) is 14.0. The molecule has 0 saturated heterocycles. The molecule has 2 unspecified atom stereocenters. The van der Waals surface area contributed by atoms with Gasteiger partial charge in [0.1, 0.15) is 11.0 Å². The van der Waals surface area contributed by atoms with Gasteiger partial charge in [-0.25, -0.2) is 4.98 Å². The molecular weight excluding hydrogens is 307 g/mol. The summed E-state index contributed by atoms with van der Waals surface area (Å²) in [5.74, 6) is 1.05. The molecule has 0 amide bonds. The van der Waals surface area contributed by atoms with E-state index >= 15 is 0 Å². The fraction of sp³-hybridized carbons (Fsp3) is 0.615. The Morgan fingerprint density at radius 1 is 1.42 bits per heavy atom. The molecule has 2 N–H and O–H groups in total. The lowest BCUT2D eigenvalue weighted by Gasteiger charge is -2.40. The average molecular weight is 324 g/mol. The van der Waals surface area contributed by atoms with E-state index in [1.165, 1.54) is 6.42 Å². The molecular formula is C13H17Cl3N2O. The van der Waals surface area contributed by atoms with Gasteiger partial charge in [-0.05, 0) is 24.8 Å². The lowest BCUT2D eigenvalue weighted by Crippen LogP contribution is -2.46. The SMILES string of the molecule is CC1CCCC(CO)(Nc2nc(Cl)c(Cl)cc2Cl)C1. The Morgan fingerprint density at radius 2 is 2.16 bits per heavy atom. The van der Waals surface area contributed by atoms with Crippen LogP contribution in [0.25, 0.3) is 0 Å². The number of halogens is 3. The number of rotatable bonds is 3. The second-order valence-corrected chi connectivity index (χ2v) is 6.53. The molecule has 1 aromatic rings. The zero-order valence-electron chi connectivity index (χ0n) is 10.7. The number of aliphatic hydroxyl groups is 1. The van der Waals surface area contributed by atoms with E-state index in [1.54, 1.807) is 6.07 Å². The van der Waals surface area contributed by atoms with Crippen LogP contribution in [0.15, 0.2) is 6.07 Å². The fourth-order valence-electron chi connectivity index (χ4n) is 2.74. The lowest BCUT2D eigenvalue weighted by molar-refractivity contribution is 0.149. The van der Waals surface area contributed by atoms with Gasteiger partial charge >= 0.3 is 0 Å². The Bertz CT molecular complexity index is 469. The topological polar surface area (TPSA) is 45.1 Å². The van der Waals surface area contributed by atoms with Crippen LogP contribution in [0.5, 0.6) is 0 Å². The standard InChI is InChI=1S/C13H17Cl3N2O/c1-8-3-2-4-13(6-8,7-19)18-12-10(15)5-9(14)11(16)17-12/h5,8,19H,2-4,6-7H2,1H3,(H,17,18). The first-order valence-corrected chi connectivity index (χ1v) is 7.50. The zero-order chi connectivity index (χ0) is 14.0. The first-order valence-electron chi connectivity index (χ1n) is 6.36. The van der Waals surface area contributed by atoms with Crippen molar-refractivity contribution in [3.05, 3.63) is 21.3 Å². The van der Waals surface area contributed by atoms with Gasteiger partial charge in [-0.2, -0.15) is 0 Å². The Balaban J connectivity index is 2.25. The van der Waals surface area contributed by atoms with E-state index in [9.17, 15) is 5.11 Å². The molecule has 0 radical (unpaired) electrons. The molecule has 0 bridgehead atoms. The third kappa shape index (κ3) is 3.46. The second-order valence-electron chi connectivity index (χ2n) is 5.36. The second kappa shape index (κ2) is 6.04.